The Balaban J connectivity index is 1.70. The lowest BCUT2D eigenvalue weighted by atomic mass is 9.44. The van der Waals surface area contributed by atoms with E-state index in [0.717, 1.165) is 12.8 Å². The van der Waals surface area contributed by atoms with Gasteiger partial charge in [0.15, 0.2) is 0 Å². The summed E-state index contributed by atoms with van der Waals surface area (Å²) in [6.45, 7) is 4.46. The molecule has 24 heavy (non-hydrogen) atoms. The number of carbonyl (C=O) groups excluding carboxylic acids is 1. The lowest BCUT2D eigenvalue weighted by Crippen LogP contribution is -2.59. The van der Waals surface area contributed by atoms with Crippen molar-refractivity contribution in [2.45, 2.75) is 71.3 Å². The van der Waals surface area contributed by atoms with Gasteiger partial charge in [0.2, 0.25) is 0 Å². The highest BCUT2D eigenvalue weighted by Gasteiger charge is 2.62. The Bertz CT molecular complexity index is 572. The van der Waals surface area contributed by atoms with Crippen LogP contribution in [0.5, 0.6) is 0 Å². The van der Waals surface area contributed by atoms with E-state index in [1.54, 1.807) is 0 Å². The van der Waals surface area contributed by atoms with Gasteiger partial charge < -0.3 is 10.2 Å². The zero-order valence-electron chi connectivity index (χ0n) is 14.8. The number of carboxylic acids is 1. The number of rotatable bonds is 1. The molecule has 4 aliphatic rings. The van der Waals surface area contributed by atoms with Crippen LogP contribution in [0.15, 0.2) is 0 Å². The summed E-state index contributed by atoms with van der Waals surface area (Å²) in [5.41, 5.74) is -0.0615. The molecule has 0 aromatic carbocycles. The third-order valence-corrected chi connectivity index (χ3v) is 8.49. The van der Waals surface area contributed by atoms with Crippen LogP contribution in [0.1, 0.15) is 65.2 Å². The molecule has 0 aliphatic heterocycles. The topological polar surface area (TPSA) is 74.6 Å². The molecule has 134 valence electrons. The molecule has 0 amide bonds. The second kappa shape index (κ2) is 5.30. The summed E-state index contributed by atoms with van der Waals surface area (Å²) in [4.78, 5) is 24.8. The van der Waals surface area contributed by atoms with Crippen molar-refractivity contribution in [2.24, 2.45) is 40.4 Å². The number of Topliss-reactive ketones (excluding diaryl/α,β-unsaturated/α-hetero) is 1. The minimum absolute atomic E-state index is 0.0155. The lowest BCUT2D eigenvalue weighted by Gasteiger charge is -2.60. The number of carbonyl (C=O) groups is 2. The highest BCUT2D eigenvalue weighted by atomic mass is 16.4. The summed E-state index contributed by atoms with van der Waals surface area (Å²) in [5.74, 6) is 0.139. The van der Waals surface area contributed by atoms with E-state index in [4.69, 9.17) is 0 Å². The third kappa shape index (κ3) is 2.14. The molecule has 0 aromatic rings. The number of aliphatic hydroxyl groups is 1. The van der Waals surface area contributed by atoms with Gasteiger partial charge in [0, 0.05) is 12.3 Å². The maximum atomic E-state index is 13.2. The van der Waals surface area contributed by atoms with Gasteiger partial charge in [-0.3, -0.25) is 9.59 Å². The SMILES string of the molecule is C[C@@]12CCC[C@H]1[C@@H]1CCC3CC(O)C(C(=O)O)C[C@]3(C)[C@@H]1C(=O)C2. The fraction of sp³-hybridized carbons (Fsp3) is 0.900. The van der Waals surface area contributed by atoms with E-state index in [-0.39, 0.29) is 16.7 Å². The van der Waals surface area contributed by atoms with Crippen molar-refractivity contribution in [3.05, 3.63) is 0 Å². The highest BCUT2D eigenvalue weighted by Crippen LogP contribution is 2.65. The Morgan fingerprint density at radius 2 is 1.96 bits per heavy atom. The van der Waals surface area contributed by atoms with E-state index < -0.39 is 18.0 Å². The van der Waals surface area contributed by atoms with E-state index in [1.807, 2.05) is 0 Å². The molecule has 0 saturated heterocycles. The molecule has 0 heterocycles. The Hall–Kier alpha value is -0.900. The van der Waals surface area contributed by atoms with Crippen LogP contribution in [0.4, 0.5) is 0 Å². The minimum atomic E-state index is -0.904. The normalized spacial score (nSPS) is 53.9. The molecule has 4 fully saturated rings. The van der Waals surface area contributed by atoms with Crippen molar-refractivity contribution in [3.8, 4) is 0 Å². The monoisotopic (exact) mass is 334 g/mol. The quantitative estimate of drug-likeness (QED) is 0.772. The van der Waals surface area contributed by atoms with Gasteiger partial charge in [-0.15, -0.1) is 0 Å². The summed E-state index contributed by atoms with van der Waals surface area (Å²) in [6.07, 6.45) is 6.70. The van der Waals surface area contributed by atoms with Crippen LogP contribution in [-0.4, -0.2) is 28.1 Å². The molecule has 8 atom stereocenters. The summed E-state index contributed by atoms with van der Waals surface area (Å²) in [5, 5.41) is 19.8. The fourth-order valence-electron chi connectivity index (χ4n) is 7.39. The van der Waals surface area contributed by atoms with Crippen LogP contribution >= 0.6 is 0 Å². The van der Waals surface area contributed by atoms with E-state index in [2.05, 4.69) is 13.8 Å². The molecule has 4 saturated carbocycles. The summed E-state index contributed by atoms with van der Waals surface area (Å²) >= 11 is 0. The van der Waals surface area contributed by atoms with Gasteiger partial charge in [-0.25, -0.2) is 0 Å². The molecule has 4 aliphatic carbocycles. The van der Waals surface area contributed by atoms with E-state index in [1.165, 1.54) is 19.3 Å². The van der Waals surface area contributed by atoms with Gasteiger partial charge in [0.25, 0.3) is 0 Å². The second-order valence-electron chi connectivity index (χ2n) is 9.67. The zero-order chi connectivity index (χ0) is 17.3. The number of aliphatic carboxylic acids is 1. The molecule has 0 aromatic heterocycles. The van der Waals surface area contributed by atoms with E-state index >= 15 is 0 Å². The largest absolute Gasteiger partial charge is 0.481 e. The molecule has 0 bridgehead atoms. The van der Waals surface area contributed by atoms with Crippen molar-refractivity contribution >= 4 is 11.8 Å². The Morgan fingerprint density at radius 1 is 1.21 bits per heavy atom. The first-order valence-corrected chi connectivity index (χ1v) is 9.70. The third-order valence-electron chi connectivity index (χ3n) is 8.49. The minimum Gasteiger partial charge on any atom is -0.481 e. The average molecular weight is 334 g/mol. The fourth-order valence-corrected chi connectivity index (χ4v) is 7.39. The number of carboxylic acid groups (broad SMARTS) is 1. The number of hydrogen-bond acceptors (Lipinski definition) is 3. The van der Waals surface area contributed by atoms with Crippen LogP contribution in [0.2, 0.25) is 0 Å². The standard InChI is InChI=1S/C20H30O4/c1-19-7-3-4-14(19)12-6-5-11-8-15(21)13(18(23)24)9-20(11,2)17(12)16(22)10-19/h11-15,17,21H,3-10H2,1-2H3,(H,23,24)/t11?,12-,13?,14-,15?,17-,19-,20-/m0/s1. The van der Waals surface area contributed by atoms with Gasteiger partial charge in [-0.05, 0) is 67.1 Å². The Kier molecular flexibility index (Phi) is 3.66. The van der Waals surface area contributed by atoms with Crippen LogP contribution in [0, 0.1) is 40.4 Å². The van der Waals surface area contributed by atoms with Crippen LogP contribution in [-0.2, 0) is 9.59 Å². The number of ketones is 1. The Labute approximate surface area is 144 Å². The average Bonchev–Trinajstić information content (AvgIpc) is 2.87. The summed E-state index contributed by atoms with van der Waals surface area (Å²) in [7, 11) is 0. The van der Waals surface area contributed by atoms with Crippen molar-refractivity contribution in [3.63, 3.8) is 0 Å². The molecule has 0 spiro atoms. The molecule has 4 nitrogen and oxygen atoms in total. The van der Waals surface area contributed by atoms with Crippen LogP contribution < -0.4 is 0 Å². The maximum Gasteiger partial charge on any atom is 0.309 e. The second-order valence-corrected chi connectivity index (χ2v) is 9.67. The molecular weight excluding hydrogens is 304 g/mol. The lowest BCUT2D eigenvalue weighted by molar-refractivity contribution is -0.174. The van der Waals surface area contributed by atoms with E-state index in [0.29, 0.717) is 42.8 Å². The van der Waals surface area contributed by atoms with Crippen molar-refractivity contribution in [1.29, 1.82) is 0 Å². The van der Waals surface area contributed by atoms with Gasteiger partial charge in [-0.2, -0.15) is 0 Å². The number of fused-ring (bicyclic) bond motifs is 5. The first-order valence-electron chi connectivity index (χ1n) is 9.70. The molecule has 4 heteroatoms. The van der Waals surface area contributed by atoms with Crippen LogP contribution in [0.25, 0.3) is 0 Å². The predicted molar refractivity (Wildman–Crippen MR) is 89.2 cm³/mol. The Morgan fingerprint density at radius 3 is 2.67 bits per heavy atom. The summed E-state index contributed by atoms with van der Waals surface area (Å²) < 4.78 is 0. The molecule has 2 N–H and O–H groups in total. The first kappa shape index (κ1) is 16.6. The zero-order valence-corrected chi connectivity index (χ0v) is 14.8. The van der Waals surface area contributed by atoms with Crippen molar-refractivity contribution in [2.75, 3.05) is 0 Å². The van der Waals surface area contributed by atoms with Gasteiger partial charge in [0.05, 0.1) is 12.0 Å². The van der Waals surface area contributed by atoms with E-state index in [9.17, 15) is 19.8 Å². The van der Waals surface area contributed by atoms with Gasteiger partial charge in [0.1, 0.15) is 5.78 Å². The summed E-state index contributed by atoms with van der Waals surface area (Å²) in [6, 6.07) is 0. The molecule has 0 radical (unpaired) electrons. The number of hydrogen-bond donors (Lipinski definition) is 2. The molecule has 3 unspecified atom stereocenters. The van der Waals surface area contributed by atoms with Gasteiger partial charge in [-0.1, -0.05) is 20.3 Å². The smallest absolute Gasteiger partial charge is 0.309 e. The van der Waals surface area contributed by atoms with Crippen LogP contribution in [0.3, 0.4) is 0 Å². The first-order chi connectivity index (χ1) is 11.3. The van der Waals surface area contributed by atoms with Gasteiger partial charge >= 0.3 is 5.97 Å². The maximum absolute atomic E-state index is 13.2. The molecule has 4 rings (SSSR count). The van der Waals surface area contributed by atoms with Crippen molar-refractivity contribution < 1.29 is 19.8 Å². The predicted octanol–water partition coefficient (Wildman–Crippen LogP) is 3.27. The highest BCUT2D eigenvalue weighted by molar-refractivity contribution is 5.84. The number of aliphatic hydroxyl groups excluding tert-OH is 1. The van der Waals surface area contributed by atoms with Crippen molar-refractivity contribution in [1.82, 2.24) is 0 Å². The molecular formula is C20H30O4.